The van der Waals surface area contributed by atoms with E-state index in [0.717, 1.165) is 38.8 Å². The van der Waals surface area contributed by atoms with Gasteiger partial charge in [0.1, 0.15) is 0 Å². The number of oxime groups is 1. The summed E-state index contributed by atoms with van der Waals surface area (Å²) in [5, 5.41) is 12.0. The van der Waals surface area contributed by atoms with Gasteiger partial charge in [-0.1, -0.05) is 41.9 Å². The first-order valence-corrected chi connectivity index (χ1v) is 7.06. The highest BCUT2D eigenvalue weighted by atomic mass is 16.4. The maximum absolute atomic E-state index is 8.84. The van der Waals surface area contributed by atoms with Crippen molar-refractivity contribution >= 4 is 5.84 Å². The van der Waals surface area contributed by atoms with Crippen molar-refractivity contribution in [2.75, 3.05) is 13.1 Å². The van der Waals surface area contributed by atoms with Gasteiger partial charge in [-0.15, -0.1) is 0 Å². The average Bonchev–Trinajstić information content (AvgIpc) is 2.48. The Balaban J connectivity index is 1.83. The zero-order valence-electron chi connectivity index (χ0n) is 11.3. The van der Waals surface area contributed by atoms with Gasteiger partial charge in [-0.25, -0.2) is 0 Å². The largest absolute Gasteiger partial charge is 0.409 e. The van der Waals surface area contributed by atoms with Gasteiger partial charge in [0.25, 0.3) is 0 Å². The van der Waals surface area contributed by atoms with Crippen molar-refractivity contribution in [1.29, 1.82) is 0 Å². The maximum Gasteiger partial charge on any atom is 0.156 e. The average molecular weight is 261 g/mol. The van der Waals surface area contributed by atoms with Crippen molar-refractivity contribution in [3.63, 3.8) is 0 Å². The lowest BCUT2D eigenvalue weighted by Gasteiger charge is -2.34. The van der Waals surface area contributed by atoms with Crippen molar-refractivity contribution in [3.8, 4) is 0 Å². The summed E-state index contributed by atoms with van der Waals surface area (Å²) in [5.41, 5.74) is 7.15. The Morgan fingerprint density at radius 3 is 2.84 bits per heavy atom. The second-order valence-electron chi connectivity index (χ2n) is 5.16. The lowest BCUT2D eigenvalue weighted by molar-refractivity contribution is 0.184. The number of hydrogen-bond acceptors (Lipinski definition) is 3. The standard InChI is InChI=1S/C15H23N3O/c16-15(17-19)14-10-4-5-11-18(14)12-6-9-13-7-2-1-3-8-13/h1-3,7-8,14,19H,4-6,9-12H2,(H2,16,17). The highest BCUT2D eigenvalue weighted by molar-refractivity contribution is 5.85. The number of benzene rings is 1. The summed E-state index contributed by atoms with van der Waals surface area (Å²) in [7, 11) is 0. The minimum atomic E-state index is 0.120. The highest BCUT2D eigenvalue weighted by Gasteiger charge is 2.25. The lowest BCUT2D eigenvalue weighted by Crippen LogP contribution is -2.48. The molecule has 1 saturated heterocycles. The summed E-state index contributed by atoms with van der Waals surface area (Å²) >= 11 is 0. The molecule has 0 spiro atoms. The van der Waals surface area contributed by atoms with E-state index in [2.05, 4.69) is 34.3 Å². The smallest absolute Gasteiger partial charge is 0.156 e. The summed E-state index contributed by atoms with van der Waals surface area (Å²) < 4.78 is 0. The third-order valence-electron chi connectivity index (χ3n) is 3.82. The molecule has 0 amide bonds. The van der Waals surface area contributed by atoms with E-state index in [1.54, 1.807) is 0 Å². The predicted molar refractivity (Wildman–Crippen MR) is 77.4 cm³/mol. The van der Waals surface area contributed by atoms with Gasteiger partial charge in [0.05, 0.1) is 6.04 Å². The van der Waals surface area contributed by atoms with Crippen molar-refractivity contribution < 1.29 is 5.21 Å². The summed E-state index contributed by atoms with van der Waals surface area (Å²) in [6, 6.07) is 10.6. The third kappa shape index (κ3) is 3.96. The first-order chi connectivity index (χ1) is 9.31. The summed E-state index contributed by atoms with van der Waals surface area (Å²) in [4.78, 5) is 2.35. The van der Waals surface area contributed by atoms with Crippen molar-refractivity contribution in [2.45, 2.75) is 38.1 Å². The Morgan fingerprint density at radius 1 is 1.32 bits per heavy atom. The predicted octanol–water partition coefficient (Wildman–Crippen LogP) is 2.22. The lowest BCUT2D eigenvalue weighted by atomic mass is 10.0. The molecular formula is C15H23N3O. The normalized spacial score (nSPS) is 21.5. The zero-order chi connectivity index (χ0) is 13.5. The summed E-state index contributed by atoms with van der Waals surface area (Å²) in [5.74, 6) is 0.361. The molecule has 3 N–H and O–H groups in total. The molecule has 0 radical (unpaired) electrons. The molecule has 0 aromatic heterocycles. The SMILES string of the molecule is NC(=NO)C1CCCCN1CCCc1ccccc1. The van der Waals surface area contributed by atoms with E-state index in [4.69, 9.17) is 10.9 Å². The number of likely N-dealkylation sites (tertiary alicyclic amines) is 1. The molecule has 104 valence electrons. The van der Waals surface area contributed by atoms with Gasteiger partial charge >= 0.3 is 0 Å². The quantitative estimate of drug-likeness (QED) is 0.370. The number of nitrogens with zero attached hydrogens (tertiary/aromatic N) is 2. The molecule has 4 nitrogen and oxygen atoms in total. The van der Waals surface area contributed by atoms with Crippen LogP contribution in [0.4, 0.5) is 0 Å². The molecule has 0 bridgehead atoms. The zero-order valence-corrected chi connectivity index (χ0v) is 11.3. The molecule has 1 fully saturated rings. The number of amidine groups is 1. The number of aryl methyl sites for hydroxylation is 1. The van der Waals surface area contributed by atoms with Gasteiger partial charge < -0.3 is 10.9 Å². The van der Waals surface area contributed by atoms with Crippen molar-refractivity contribution in [1.82, 2.24) is 4.90 Å². The van der Waals surface area contributed by atoms with E-state index in [9.17, 15) is 0 Å². The van der Waals surface area contributed by atoms with Gasteiger partial charge in [0.2, 0.25) is 0 Å². The number of nitrogens with two attached hydrogens (primary N) is 1. The van der Waals surface area contributed by atoms with Gasteiger partial charge in [0.15, 0.2) is 5.84 Å². The molecule has 1 aromatic carbocycles. The highest BCUT2D eigenvalue weighted by Crippen LogP contribution is 2.18. The number of piperidine rings is 1. The van der Waals surface area contributed by atoms with Crippen molar-refractivity contribution in [2.24, 2.45) is 10.9 Å². The van der Waals surface area contributed by atoms with Crippen LogP contribution in [0, 0.1) is 0 Å². The Hall–Kier alpha value is -1.55. The maximum atomic E-state index is 8.84. The Bertz CT molecular complexity index is 405. The molecule has 1 aliphatic heterocycles. The molecule has 1 unspecified atom stereocenters. The van der Waals surface area contributed by atoms with E-state index in [0.29, 0.717) is 5.84 Å². The fraction of sp³-hybridized carbons (Fsp3) is 0.533. The van der Waals surface area contributed by atoms with Crippen molar-refractivity contribution in [3.05, 3.63) is 35.9 Å². The molecule has 2 rings (SSSR count). The Labute approximate surface area is 114 Å². The van der Waals surface area contributed by atoms with Gasteiger partial charge in [-0.05, 0) is 44.3 Å². The van der Waals surface area contributed by atoms with Crippen LogP contribution in [-0.4, -0.2) is 35.1 Å². The van der Waals surface area contributed by atoms with E-state index in [1.165, 1.54) is 12.0 Å². The minimum absolute atomic E-state index is 0.120. The summed E-state index contributed by atoms with van der Waals surface area (Å²) in [6.07, 6.45) is 5.57. The van der Waals surface area contributed by atoms with Crippen LogP contribution >= 0.6 is 0 Å². The Morgan fingerprint density at radius 2 is 2.11 bits per heavy atom. The molecule has 0 saturated carbocycles. The van der Waals surface area contributed by atoms with E-state index >= 15 is 0 Å². The topological polar surface area (TPSA) is 61.9 Å². The van der Waals surface area contributed by atoms with Crippen LogP contribution in [0.3, 0.4) is 0 Å². The third-order valence-corrected chi connectivity index (χ3v) is 3.82. The van der Waals surface area contributed by atoms with Crippen LogP contribution < -0.4 is 5.73 Å². The molecule has 1 aromatic rings. The fourth-order valence-electron chi connectivity index (χ4n) is 2.79. The van der Waals surface area contributed by atoms with E-state index in [1.807, 2.05) is 6.07 Å². The van der Waals surface area contributed by atoms with Crippen LogP contribution in [-0.2, 0) is 6.42 Å². The first kappa shape index (κ1) is 13.9. The number of rotatable bonds is 5. The number of hydrogen-bond donors (Lipinski definition) is 2. The van der Waals surface area contributed by atoms with Crippen LogP contribution in [0.25, 0.3) is 0 Å². The summed E-state index contributed by atoms with van der Waals surface area (Å²) in [6.45, 7) is 2.06. The van der Waals surface area contributed by atoms with E-state index < -0.39 is 0 Å². The van der Waals surface area contributed by atoms with Gasteiger partial charge in [-0.3, -0.25) is 4.90 Å². The second-order valence-corrected chi connectivity index (χ2v) is 5.16. The van der Waals surface area contributed by atoms with Crippen LogP contribution in [0.2, 0.25) is 0 Å². The molecule has 1 heterocycles. The molecule has 19 heavy (non-hydrogen) atoms. The van der Waals surface area contributed by atoms with E-state index in [-0.39, 0.29) is 6.04 Å². The van der Waals surface area contributed by atoms with Gasteiger partial charge in [-0.2, -0.15) is 0 Å². The van der Waals surface area contributed by atoms with Crippen LogP contribution in [0.5, 0.6) is 0 Å². The molecule has 0 aliphatic carbocycles. The van der Waals surface area contributed by atoms with Crippen LogP contribution in [0.15, 0.2) is 35.5 Å². The first-order valence-electron chi connectivity index (χ1n) is 7.06. The van der Waals surface area contributed by atoms with Gasteiger partial charge in [0, 0.05) is 0 Å². The Kier molecular flexibility index (Phi) is 5.21. The second kappa shape index (κ2) is 7.14. The van der Waals surface area contributed by atoms with Crippen LogP contribution in [0.1, 0.15) is 31.2 Å². The molecule has 4 heteroatoms. The molecule has 1 atom stereocenters. The molecule has 1 aliphatic rings. The monoisotopic (exact) mass is 261 g/mol. The minimum Gasteiger partial charge on any atom is -0.409 e. The fourth-order valence-corrected chi connectivity index (χ4v) is 2.79. The molecular weight excluding hydrogens is 238 g/mol.